The Morgan fingerprint density at radius 3 is 1.90 bits per heavy atom. The van der Waals surface area contributed by atoms with E-state index < -0.39 is 4.92 Å². The summed E-state index contributed by atoms with van der Waals surface area (Å²) in [4.78, 5) is -1.58. The normalized spacial score (nSPS) is 23.1. The van der Waals surface area contributed by atoms with Crippen molar-refractivity contribution in [2.75, 3.05) is 0 Å². The van der Waals surface area contributed by atoms with Gasteiger partial charge in [-0.05, 0) is 12.8 Å². The van der Waals surface area contributed by atoms with Crippen molar-refractivity contribution in [1.82, 2.24) is 0 Å². The molecule has 1 fully saturated rings. The van der Waals surface area contributed by atoms with Gasteiger partial charge < -0.3 is 10.4 Å². The van der Waals surface area contributed by atoms with Crippen LogP contribution in [-0.4, -0.2) is 11.0 Å². The summed E-state index contributed by atoms with van der Waals surface area (Å²) < 4.78 is 0. The van der Waals surface area contributed by atoms with E-state index in [1.165, 1.54) is 0 Å². The van der Waals surface area contributed by atoms with Gasteiger partial charge in [0.15, 0.2) is 0 Å². The fraction of sp³-hybridized carbons (Fsp3) is 1.00. The quantitative estimate of drug-likeness (QED) is 0.426. The number of nitrogens with zero attached hydrogens (tertiary/aromatic N) is 1. The monoisotopic (exact) mass is 146 g/mol. The molecule has 1 aliphatic carbocycles. The topological polar surface area (TPSA) is 73.8 Å². The molecule has 0 radical (unpaired) electrons. The highest BCUT2D eigenvalue weighted by Crippen LogP contribution is 2.22. The van der Waals surface area contributed by atoms with Crippen molar-refractivity contribution >= 4 is 0 Å². The van der Waals surface area contributed by atoms with Gasteiger partial charge >= 0.3 is 0 Å². The molecule has 4 heteroatoms. The average molecular weight is 146 g/mol. The predicted molar refractivity (Wildman–Crippen MR) is 36.8 cm³/mol. The summed E-state index contributed by atoms with van der Waals surface area (Å²) in [6.45, 7) is 0. The first-order valence-corrected chi connectivity index (χ1v) is 3.76. The van der Waals surface area contributed by atoms with Gasteiger partial charge in [-0.25, -0.2) is 10.8 Å². The van der Waals surface area contributed by atoms with Crippen molar-refractivity contribution in [3.05, 3.63) is 10.4 Å². The van der Waals surface area contributed by atoms with Crippen LogP contribution in [0, 0.1) is 10.4 Å². The fourth-order valence-corrected chi connectivity index (χ4v) is 1.47. The molecule has 3 N–H and O–H groups in total. The number of hydrogen-bond donors (Lipinski definition) is 1. The summed E-state index contributed by atoms with van der Waals surface area (Å²) >= 11 is 0. The maximum Gasteiger partial charge on any atom is 0.132 e. The third-order valence-corrected chi connectivity index (χ3v) is 2.13. The number of rotatable bonds is 1. The van der Waals surface area contributed by atoms with E-state index in [2.05, 4.69) is 5.84 Å². The molecule has 0 amide bonds. The molecular formula is C6H14N2O2. The van der Waals surface area contributed by atoms with E-state index in [4.69, 9.17) is 0 Å². The van der Waals surface area contributed by atoms with Crippen LogP contribution < -0.4 is 5.84 Å². The van der Waals surface area contributed by atoms with E-state index in [-0.39, 0.29) is 6.04 Å². The Morgan fingerprint density at radius 2 is 1.60 bits per heavy atom. The average Bonchev–Trinajstić information content (AvgIpc) is 1.88. The van der Waals surface area contributed by atoms with Crippen molar-refractivity contribution in [3.63, 3.8) is 0 Å². The van der Waals surface area contributed by atoms with Crippen LogP contribution >= 0.6 is 0 Å². The smallest absolute Gasteiger partial charge is 0.132 e. The van der Waals surface area contributed by atoms with Gasteiger partial charge in [-0.3, -0.25) is 0 Å². The SMILES string of the molecule is [NH3+][N+]([O-])([O-])C1CCCCC1. The lowest BCUT2D eigenvalue weighted by atomic mass is 9.96. The summed E-state index contributed by atoms with van der Waals surface area (Å²) in [7, 11) is 0. The highest BCUT2D eigenvalue weighted by molar-refractivity contribution is 4.65. The minimum Gasteiger partial charge on any atom is -0.581 e. The first kappa shape index (κ1) is 7.94. The minimum atomic E-state index is -1.58. The molecule has 0 aromatic carbocycles. The number of quaternary nitrogens is 2. The Balaban J connectivity index is 2.39. The van der Waals surface area contributed by atoms with Gasteiger partial charge in [-0.2, -0.15) is 0 Å². The molecular weight excluding hydrogens is 132 g/mol. The van der Waals surface area contributed by atoms with Gasteiger partial charge in [0.1, 0.15) is 6.04 Å². The van der Waals surface area contributed by atoms with Crippen LogP contribution in [0.5, 0.6) is 0 Å². The first-order valence-electron chi connectivity index (χ1n) is 3.76. The third-order valence-electron chi connectivity index (χ3n) is 2.13. The van der Waals surface area contributed by atoms with Crippen molar-refractivity contribution in [3.8, 4) is 0 Å². The van der Waals surface area contributed by atoms with E-state index in [0.29, 0.717) is 0 Å². The Hall–Kier alpha value is -0.160. The van der Waals surface area contributed by atoms with E-state index in [1.54, 1.807) is 0 Å². The maximum atomic E-state index is 10.7. The van der Waals surface area contributed by atoms with Gasteiger partial charge in [0.2, 0.25) is 0 Å². The lowest BCUT2D eigenvalue weighted by molar-refractivity contribution is -1.26. The van der Waals surface area contributed by atoms with E-state index >= 15 is 0 Å². The van der Waals surface area contributed by atoms with Crippen LogP contribution in [0.25, 0.3) is 0 Å². The lowest BCUT2D eigenvalue weighted by Gasteiger charge is -2.44. The van der Waals surface area contributed by atoms with Crippen molar-refractivity contribution < 1.29 is 10.8 Å². The zero-order valence-electron chi connectivity index (χ0n) is 6.08. The molecule has 4 nitrogen and oxygen atoms in total. The molecule has 0 aromatic heterocycles. The van der Waals surface area contributed by atoms with Crippen LogP contribution in [0.15, 0.2) is 0 Å². The predicted octanol–water partition coefficient (Wildman–Crippen LogP) is 0.288. The standard InChI is InChI=1S/C6H14N2O2/c7-8(9,10)6-4-2-1-3-5-6/h6H,1-5H2,7H3. The summed E-state index contributed by atoms with van der Waals surface area (Å²) in [5.74, 6) is 3.02. The third kappa shape index (κ3) is 1.91. The second-order valence-corrected chi connectivity index (χ2v) is 3.02. The first-order chi connectivity index (χ1) is 4.61. The van der Waals surface area contributed by atoms with Gasteiger partial charge in [-0.15, -0.1) is 0 Å². The summed E-state index contributed by atoms with van der Waals surface area (Å²) in [6, 6.07) is -0.284. The molecule has 0 aromatic rings. The Labute approximate surface area is 60.3 Å². The molecule has 0 heterocycles. The van der Waals surface area contributed by atoms with Crippen molar-refractivity contribution in [2.24, 2.45) is 0 Å². The molecule has 1 aliphatic rings. The summed E-state index contributed by atoms with van der Waals surface area (Å²) in [5, 5.41) is 21.5. The molecule has 1 rings (SSSR count). The Kier molecular flexibility index (Phi) is 2.25. The largest absolute Gasteiger partial charge is 0.581 e. The summed E-state index contributed by atoms with van der Waals surface area (Å²) in [5.41, 5.74) is 0. The Bertz CT molecular complexity index is 105. The van der Waals surface area contributed by atoms with Crippen molar-refractivity contribution in [1.29, 1.82) is 0 Å². The molecule has 0 aliphatic heterocycles. The summed E-state index contributed by atoms with van der Waals surface area (Å²) in [6.07, 6.45) is 4.72. The molecule has 0 unspecified atom stereocenters. The second-order valence-electron chi connectivity index (χ2n) is 3.02. The van der Waals surface area contributed by atoms with Gasteiger partial charge in [0.25, 0.3) is 0 Å². The number of hydrogen-bond acceptors (Lipinski definition) is 2. The Morgan fingerprint density at radius 1 is 1.10 bits per heavy atom. The fourth-order valence-electron chi connectivity index (χ4n) is 1.47. The maximum absolute atomic E-state index is 10.7. The highest BCUT2D eigenvalue weighted by Gasteiger charge is 2.23. The van der Waals surface area contributed by atoms with E-state index in [9.17, 15) is 10.4 Å². The molecule has 0 bridgehead atoms. The van der Waals surface area contributed by atoms with Crippen LogP contribution in [0.4, 0.5) is 0 Å². The zero-order chi connectivity index (χ0) is 7.61. The van der Waals surface area contributed by atoms with Gasteiger partial charge in [0, 0.05) is 12.8 Å². The van der Waals surface area contributed by atoms with E-state index in [1.807, 2.05) is 0 Å². The minimum absolute atomic E-state index is 0.284. The van der Waals surface area contributed by atoms with Crippen LogP contribution in [0.2, 0.25) is 0 Å². The van der Waals surface area contributed by atoms with Gasteiger partial charge in [0.05, 0.1) is 0 Å². The molecule has 0 atom stereocenters. The molecule has 60 valence electrons. The molecule has 1 saturated carbocycles. The van der Waals surface area contributed by atoms with Gasteiger partial charge in [-0.1, -0.05) is 6.42 Å². The van der Waals surface area contributed by atoms with Crippen LogP contribution in [0.1, 0.15) is 32.1 Å². The van der Waals surface area contributed by atoms with Crippen molar-refractivity contribution in [2.45, 2.75) is 38.1 Å². The van der Waals surface area contributed by atoms with E-state index in [0.717, 1.165) is 32.1 Å². The number of hydroxylamine groups is 2. The lowest BCUT2D eigenvalue weighted by Crippen LogP contribution is -2.79. The van der Waals surface area contributed by atoms with Crippen LogP contribution in [-0.2, 0) is 0 Å². The van der Waals surface area contributed by atoms with Crippen LogP contribution in [0.3, 0.4) is 0 Å². The highest BCUT2D eigenvalue weighted by atomic mass is 16.9. The molecule has 10 heavy (non-hydrogen) atoms. The molecule has 0 spiro atoms. The molecule has 0 saturated heterocycles. The second kappa shape index (κ2) is 2.84. The zero-order valence-corrected chi connectivity index (χ0v) is 6.08.